The van der Waals surface area contributed by atoms with Crippen LogP contribution in [0.15, 0.2) is 18.2 Å². The maximum absolute atomic E-state index is 10.2. The molecule has 0 spiro atoms. The van der Waals surface area contributed by atoms with E-state index in [2.05, 4.69) is 32.9 Å². The van der Waals surface area contributed by atoms with E-state index in [0.717, 1.165) is 17.0 Å². The molecular weight excluding hydrogens is 184 g/mol. The molecule has 2 rings (SSSR count). The summed E-state index contributed by atoms with van der Waals surface area (Å²) in [6.07, 6.45) is 2.65. The van der Waals surface area contributed by atoms with Gasteiger partial charge in [0.25, 0.3) is 0 Å². The molecule has 1 unspecified atom stereocenters. The first-order valence-electron chi connectivity index (χ1n) is 5.93. The van der Waals surface area contributed by atoms with Crippen LogP contribution in [0.25, 0.3) is 0 Å². The number of hydrogen-bond donors (Lipinski definition) is 1. The smallest absolute Gasteiger partial charge is 0.122 e. The number of phenolic OH excluding ortho intramolecular Hbond substituents is 1. The molecule has 1 aromatic carbocycles. The molecule has 0 radical (unpaired) electrons. The highest BCUT2D eigenvalue weighted by molar-refractivity contribution is 5.44. The van der Waals surface area contributed by atoms with Crippen molar-refractivity contribution in [3.63, 3.8) is 0 Å². The molecule has 1 N–H and O–H groups in total. The van der Waals surface area contributed by atoms with Gasteiger partial charge in [0.2, 0.25) is 0 Å². The van der Waals surface area contributed by atoms with Crippen LogP contribution >= 0.6 is 0 Å². The Hall–Kier alpha value is -0.980. The molecule has 1 aliphatic carbocycles. The minimum absolute atomic E-state index is 0.399. The quantitative estimate of drug-likeness (QED) is 0.788. The maximum Gasteiger partial charge on any atom is 0.122 e. The Kier molecular flexibility index (Phi) is 2.72. The van der Waals surface area contributed by atoms with Crippen molar-refractivity contribution in [2.75, 3.05) is 0 Å². The molecule has 0 aliphatic heterocycles. The van der Waals surface area contributed by atoms with Crippen LogP contribution < -0.4 is 0 Å². The Morgan fingerprint density at radius 1 is 1.13 bits per heavy atom. The first-order chi connectivity index (χ1) is 7.11. The lowest BCUT2D eigenvalue weighted by Crippen LogP contribution is -1.99. The van der Waals surface area contributed by atoms with Crippen LogP contribution in [0.4, 0.5) is 0 Å². The van der Waals surface area contributed by atoms with Gasteiger partial charge >= 0.3 is 0 Å². The molecule has 0 saturated heterocycles. The molecule has 1 atom stereocenters. The zero-order chi connectivity index (χ0) is 11.0. The fourth-order valence-corrected chi connectivity index (χ4v) is 2.26. The summed E-state index contributed by atoms with van der Waals surface area (Å²) in [4.78, 5) is 0. The van der Waals surface area contributed by atoms with Gasteiger partial charge in [-0.1, -0.05) is 39.0 Å². The predicted octanol–water partition coefficient (Wildman–Crippen LogP) is 4.03. The molecule has 82 valence electrons. The highest BCUT2D eigenvalue weighted by Gasteiger charge is 2.30. The van der Waals surface area contributed by atoms with Gasteiger partial charge in [0.1, 0.15) is 5.75 Å². The second-order valence-corrected chi connectivity index (χ2v) is 5.07. The summed E-state index contributed by atoms with van der Waals surface area (Å²) < 4.78 is 0. The SMILES string of the molecule is CC(C)c1cccc(C(C)C2CC2)c1O. The third kappa shape index (κ3) is 2.01. The van der Waals surface area contributed by atoms with Gasteiger partial charge in [0.05, 0.1) is 0 Å². The number of phenols is 1. The van der Waals surface area contributed by atoms with Crippen molar-refractivity contribution in [1.29, 1.82) is 0 Å². The summed E-state index contributed by atoms with van der Waals surface area (Å²) in [5.41, 5.74) is 2.23. The third-order valence-corrected chi connectivity index (χ3v) is 3.54. The number of aromatic hydroxyl groups is 1. The average Bonchev–Trinajstić information content (AvgIpc) is 3.00. The minimum Gasteiger partial charge on any atom is -0.507 e. The molecule has 1 nitrogen and oxygen atoms in total. The van der Waals surface area contributed by atoms with Crippen LogP contribution in [0.1, 0.15) is 56.6 Å². The van der Waals surface area contributed by atoms with E-state index >= 15 is 0 Å². The van der Waals surface area contributed by atoms with E-state index in [1.54, 1.807) is 0 Å². The summed E-state index contributed by atoms with van der Waals surface area (Å²) in [5.74, 6) is 2.25. The summed E-state index contributed by atoms with van der Waals surface area (Å²) >= 11 is 0. The van der Waals surface area contributed by atoms with Crippen LogP contribution in [0.2, 0.25) is 0 Å². The van der Waals surface area contributed by atoms with Crippen molar-refractivity contribution in [1.82, 2.24) is 0 Å². The predicted molar refractivity (Wildman–Crippen MR) is 63.3 cm³/mol. The normalized spacial score (nSPS) is 18.1. The Balaban J connectivity index is 2.34. The van der Waals surface area contributed by atoms with Crippen LogP contribution in [-0.2, 0) is 0 Å². The molecule has 0 heterocycles. The Bertz CT molecular complexity index is 350. The van der Waals surface area contributed by atoms with E-state index in [1.807, 2.05) is 6.07 Å². The van der Waals surface area contributed by atoms with Crippen LogP contribution in [0.3, 0.4) is 0 Å². The largest absolute Gasteiger partial charge is 0.507 e. The highest BCUT2D eigenvalue weighted by atomic mass is 16.3. The van der Waals surface area contributed by atoms with E-state index in [9.17, 15) is 5.11 Å². The molecular formula is C14H20O. The molecule has 1 aromatic rings. The lowest BCUT2D eigenvalue weighted by molar-refractivity contribution is 0.448. The fraction of sp³-hybridized carbons (Fsp3) is 0.571. The van der Waals surface area contributed by atoms with Gasteiger partial charge in [-0.25, -0.2) is 0 Å². The van der Waals surface area contributed by atoms with Gasteiger partial charge in [0.15, 0.2) is 0 Å². The number of hydrogen-bond acceptors (Lipinski definition) is 1. The Morgan fingerprint density at radius 3 is 2.27 bits per heavy atom. The molecule has 1 aliphatic rings. The van der Waals surface area contributed by atoms with E-state index in [0.29, 0.717) is 17.6 Å². The molecule has 1 heteroatoms. The highest BCUT2D eigenvalue weighted by Crippen LogP contribution is 2.45. The van der Waals surface area contributed by atoms with Crippen molar-refractivity contribution in [3.8, 4) is 5.75 Å². The minimum atomic E-state index is 0.399. The van der Waals surface area contributed by atoms with Crippen molar-refractivity contribution in [2.24, 2.45) is 5.92 Å². The first kappa shape index (κ1) is 10.5. The van der Waals surface area contributed by atoms with Crippen molar-refractivity contribution >= 4 is 0 Å². The molecule has 1 fully saturated rings. The van der Waals surface area contributed by atoms with E-state index in [4.69, 9.17) is 0 Å². The molecule has 1 saturated carbocycles. The van der Waals surface area contributed by atoms with Crippen LogP contribution in [0.5, 0.6) is 5.75 Å². The van der Waals surface area contributed by atoms with E-state index in [1.165, 1.54) is 12.8 Å². The fourth-order valence-electron chi connectivity index (χ4n) is 2.26. The lowest BCUT2D eigenvalue weighted by Gasteiger charge is -2.16. The zero-order valence-corrected chi connectivity index (χ0v) is 9.83. The van der Waals surface area contributed by atoms with Crippen molar-refractivity contribution < 1.29 is 5.11 Å². The average molecular weight is 204 g/mol. The summed E-state index contributed by atoms with van der Waals surface area (Å²) in [7, 11) is 0. The standard InChI is InChI=1S/C14H20O/c1-9(2)12-5-4-6-13(14(12)15)10(3)11-7-8-11/h4-6,9-11,15H,7-8H2,1-3H3. The third-order valence-electron chi connectivity index (χ3n) is 3.54. The summed E-state index contributed by atoms with van der Waals surface area (Å²) in [6.45, 7) is 6.48. The molecule has 0 amide bonds. The van der Waals surface area contributed by atoms with Gasteiger partial charge in [0, 0.05) is 0 Å². The number of rotatable bonds is 3. The van der Waals surface area contributed by atoms with E-state index in [-0.39, 0.29) is 0 Å². The number of para-hydroxylation sites is 1. The number of benzene rings is 1. The van der Waals surface area contributed by atoms with Gasteiger partial charge in [-0.15, -0.1) is 0 Å². The maximum atomic E-state index is 10.2. The van der Waals surface area contributed by atoms with Gasteiger partial charge < -0.3 is 5.11 Å². The zero-order valence-electron chi connectivity index (χ0n) is 9.83. The van der Waals surface area contributed by atoms with Crippen molar-refractivity contribution in [3.05, 3.63) is 29.3 Å². The van der Waals surface area contributed by atoms with Gasteiger partial charge in [-0.2, -0.15) is 0 Å². The second-order valence-electron chi connectivity index (χ2n) is 5.07. The molecule has 0 bridgehead atoms. The second kappa shape index (κ2) is 3.88. The molecule has 15 heavy (non-hydrogen) atoms. The Morgan fingerprint density at radius 2 is 1.73 bits per heavy atom. The van der Waals surface area contributed by atoms with Crippen LogP contribution in [0, 0.1) is 5.92 Å². The molecule has 0 aromatic heterocycles. The first-order valence-corrected chi connectivity index (χ1v) is 5.93. The summed E-state index contributed by atoms with van der Waals surface area (Å²) in [6, 6.07) is 6.18. The summed E-state index contributed by atoms with van der Waals surface area (Å²) in [5, 5.41) is 10.2. The Labute approximate surface area is 92.1 Å². The topological polar surface area (TPSA) is 20.2 Å². The van der Waals surface area contributed by atoms with Gasteiger partial charge in [-0.05, 0) is 41.7 Å². The van der Waals surface area contributed by atoms with Crippen LogP contribution in [-0.4, -0.2) is 5.11 Å². The van der Waals surface area contributed by atoms with Gasteiger partial charge in [-0.3, -0.25) is 0 Å². The van der Waals surface area contributed by atoms with E-state index < -0.39 is 0 Å². The lowest BCUT2D eigenvalue weighted by atomic mass is 9.90. The van der Waals surface area contributed by atoms with Crippen molar-refractivity contribution in [2.45, 2.75) is 45.4 Å². The monoisotopic (exact) mass is 204 g/mol.